The monoisotopic (exact) mass is 500 g/mol. The van der Waals surface area contributed by atoms with E-state index >= 15 is 4.39 Å². The summed E-state index contributed by atoms with van der Waals surface area (Å²) >= 11 is 0. The van der Waals surface area contributed by atoms with Crippen molar-refractivity contribution in [3.8, 4) is 11.5 Å². The molecule has 0 amide bonds. The van der Waals surface area contributed by atoms with E-state index in [9.17, 15) is 17.6 Å². The molecule has 2 nitrogen and oxygen atoms in total. The number of aryl methyl sites for hydroxylation is 4. The number of fused-ring (bicyclic) bond motifs is 1. The molecule has 0 N–H and O–H groups in total. The average molecular weight is 501 g/mol. The topological polar surface area (TPSA) is 18.5 Å². The molecule has 0 unspecified atom stereocenters. The number of alkyl halides is 3. The molecule has 7 heteroatoms. The second-order valence-corrected chi connectivity index (χ2v) is 8.48. The fourth-order valence-electron chi connectivity index (χ4n) is 4.13. The molecule has 0 aliphatic rings. The largest absolute Gasteiger partial charge is 0.573 e. The normalized spacial score (nSPS) is 11.6. The highest BCUT2D eigenvalue weighted by atomic mass is 19.4. The third-order valence-electron chi connectivity index (χ3n) is 5.94. The zero-order chi connectivity index (χ0) is 25.7. The Morgan fingerprint density at radius 3 is 2.03 bits per heavy atom. The van der Waals surface area contributed by atoms with E-state index < -0.39 is 17.9 Å². The van der Waals surface area contributed by atoms with Crippen LogP contribution in [0.5, 0.6) is 11.5 Å². The van der Waals surface area contributed by atoms with Crippen molar-refractivity contribution < 1.29 is 31.4 Å². The first-order valence-electron chi connectivity index (χ1n) is 11.7. The lowest BCUT2D eigenvalue weighted by molar-refractivity contribution is -0.275. The van der Waals surface area contributed by atoms with Gasteiger partial charge in [-0.25, -0.2) is 8.78 Å². The molecule has 0 aliphatic heterocycles. The fraction of sp³-hybridized carbons (Fsp3) is 0.241. The van der Waals surface area contributed by atoms with Gasteiger partial charge in [-0.15, -0.1) is 13.2 Å². The Kier molecular flexibility index (Phi) is 7.77. The molecule has 0 bridgehead atoms. The van der Waals surface area contributed by atoms with Crippen molar-refractivity contribution in [1.29, 1.82) is 0 Å². The second kappa shape index (κ2) is 11.0. The van der Waals surface area contributed by atoms with Crippen molar-refractivity contribution in [3.05, 3.63) is 107 Å². The highest BCUT2D eigenvalue weighted by Crippen LogP contribution is 2.28. The van der Waals surface area contributed by atoms with Crippen LogP contribution in [-0.2, 0) is 25.7 Å². The van der Waals surface area contributed by atoms with Crippen LogP contribution in [0.1, 0.15) is 29.2 Å². The number of rotatable bonds is 9. The maximum Gasteiger partial charge on any atom is 0.573 e. The Morgan fingerprint density at radius 2 is 1.33 bits per heavy atom. The highest BCUT2D eigenvalue weighted by Gasteiger charge is 2.32. The van der Waals surface area contributed by atoms with Crippen molar-refractivity contribution in [3.63, 3.8) is 0 Å². The van der Waals surface area contributed by atoms with E-state index in [0.717, 1.165) is 41.7 Å². The standard InChI is InChI=1S/C29H25F5O2/c1-2-35-24-13-6-19(7-14-24)3-4-20-8-15-25-23(17-20)12-11-22(28(25)31)10-5-21-9-16-27(26(30)18-21)36-29(32,33)34/h6-9,11-18H,2-5,10H2,1H3. The van der Waals surface area contributed by atoms with Gasteiger partial charge in [-0.1, -0.05) is 48.5 Å². The van der Waals surface area contributed by atoms with E-state index in [-0.39, 0.29) is 18.7 Å². The summed E-state index contributed by atoms with van der Waals surface area (Å²) in [6.45, 7) is 2.57. The number of ether oxygens (including phenoxy) is 2. The molecule has 188 valence electrons. The maximum atomic E-state index is 15.2. The van der Waals surface area contributed by atoms with Gasteiger partial charge in [-0.3, -0.25) is 0 Å². The van der Waals surface area contributed by atoms with Crippen LogP contribution in [0.15, 0.2) is 72.8 Å². The molecule has 4 aromatic rings. The Morgan fingerprint density at radius 1 is 0.694 bits per heavy atom. The summed E-state index contributed by atoms with van der Waals surface area (Å²) in [5.74, 6) is -1.50. The van der Waals surface area contributed by atoms with E-state index in [0.29, 0.717) is 23.1 Å². The quantitative estimate of drug-likeness (QED) is 0.217. The van der Waals surface area contributed by atoms with Crippen LogP contribution in [0.2, 0.25) is 0 Å². The van der Waals surface area contributed by atoms with Gasteiger partial charge < -0.3 is 9.47 Å². The molecule has 4 aromatic carbocycles. The first-order valence-corrected chi connectivity index (χ1v) is 11.7. The molecule has 0 aromatic heterocycles. The van der Waals surface area contributed by atoms with Gasteiger partial charge in [0.1, 0.15) is 11.6 Å². The molecule has 0 saturated carbocycles. The molecule has 0 spiro atoms. The Hall–Kier alpha value is -3.61. The average Bonchev–Trinajstić information content (AvgIpc) is 2.84. The van der Waals surface area contributed by atoms with E-state index in [2.05, 4.69) is 4.74 Å². The molecule has 36 heavy (non-hydrogen) atoms. The van der Waals surface area contributed by atoms with Gasteiger partial charge in [0.2, 0.25) is 0 Å². The fourth-order valence-corrected chi connectivity index (χ4v) is 4.13. The molecule has 4 rings (SSSR count). The zero-order valence-corrected chi connectivity index (χ0v) is 19.7. The summed E-state index contributed by atoms with van der Waals surface area (Å²) in [5.41, 5.74) is 3.20. The molecule has 0 radical (unpaired) electrons. The predicted octanol–water partition coefficient (Wildman–Crippen LogP) is 7.99. The summed E-state index contributed by atoms with van der Waals surface area (Å²) in [5, 5.41) is 1.29. The van der Waals surface area contributed by atoms with Crippen molar-refractivity contribution in [2.45, 2.75) is 39.0 Å². The van der Waals surface area contributed by atoms with Crippen LogP contribution < -0.4 is 9.47 Å². The zero-order valence-electron chi connectivity index (χ0n) is 19.7. The van der Waals surface area contributed by atoms with Crippen molar-refractivity contribution >= 4 is 10.8 Å². The van der Waals surface area contributed by atoms with Crippen LogP contribution in [0.25, 0.3) is 10.8 Å². The second-order valence-electron chi connectivity index (χ2n) is 8.48. The molecule has 0 saturated heterocycles. The Balaban J connectivity index is 1.40. The lowest BCUT2D eigenvalue weighted by Crippen LogP contribution is -2.18. The van der Waals surface area contributed by atoms with Crippen molar-refractivity contribution in [2.24, 2.45) is 0 Å². The summed E-state index contributed by atoms with van der Waals surface area (Å²) in [7, 11) is 0. The molecule has 0 heterocycles. The highest BCUT2D eigenvalue weighted by molar-refractivity contribution is 5.84. The Labute approximate surface area is 206 Å². The molecule has 0 aliphatic carbocycles. The predicted molar refractivity (Wildman–Crippen MR) is 129 cm³/mol. The van der Waals surface area contributed by atoms with E-state index in [1.54, 1.807) is 12.1 Å². The Bertz CT molecular complexity index is 1330. The first kappa shape index (κ1) is 25.5. The summed E-state index contributed by atoms with van der Waals surface area (Å²) in [4.78, 5) is 0. The van der Waals surface area contributed by atoms with Crippen LogP contribution in [0.3, 0.4) is 0 Å². The minimum absolute atomic E-state index is 0.270. The maximum absolute atomic E-state index is 15.2. The summed E-state index contributed by atoms with van der Waals surface area (Å²) in [6, 6.07) is 20.5. The molecule has 0 fully saturated rings. The smallest absolute Gasteiger partial charge is 0.494 e. The van der Waals surface area contributed by atoms with Crippen LogP contribution in [0, 0.1) is 11.6 Å². The van der Waals surface area contributed by atoms with Gasteiger partial charge in [-0.05, 0) is 84.5 Å². The lowest BCUT2D eigenvalue weighted by atomic mass is 9.97. The van der Waals surface area contributed by atoms with Gasteiger partial charge in [0, 0.05) is 5.39 Å². The summed E-state index contributed by atoms with van der Waals surface area (Å²) in [6.07, 6.45) is -2.76. The van der Waals surface area contributed by atoms with Gasteiger partial charge in [-0.2, -0.15) is 0 Å². The van der Waals surface area contributed by atoms with Crippen molar-refractivity contribution in [2.75, 3.05) is 6.61 Å². The van der Waals surface area contributed by atoms with E-state index in [1.165, 1.54) is 11.6 Å². The minimum Gasteiger partial charge on any atom is -0.494 e. The minimum atomic E-state index is -4.97. The number of hydrogen-bond acceptors (Lipinski definition) is 2. The number of benzene rings is 4. The third-order valence-corrected chi connectivity index (χ3v) is 5.94. The van der Waals surface area contributed by atoms with Gasteiger partial charge in [0.15, 0.2) is 11.6 Å². The SMILES string of the molecule is CCOc1ccc(CCc2ccc3c(F)c(CCc4ccc(OC(F)(F)F)c(F)c4)ccc3c2)cc1. The molecular formula is C29H25F5O2. The van der Waals surface area contributed by atoms with Gasteiger partial charge >= 0.3 is 6.36 Å². The lowest BCUT2D eigenvalue weighted by Gasteiger charge is -2.11. The van der Waals surface area contributed by atoms with Gasteiger partial charge in [0.25, 0.3) is 0 Å². The molecule has 0 atom stereocenters. The van der Waals surface area contributed by atoms with Crippen molar-refractivity contribution in [1.82, 2.24) is 0 Å². The third kappa shape index (κ3) is 6.53. The summed E-state index contributed by atoms with van der Waals surface area (Å²) < 4.78 is 75.1. The van der Waals surface area contributed by atoms with Crippen LogP contribution in [0.4, 0.5) is 22.0 Å². The van der Waals surface area contributed by atoms with E-state index in [4.69, 9.17) is 4.74 Å². The van der Waals surface area contributed by atoms with Crippen LogP contribution in [-0.4, -0.2) is 13.0 Å². The number of halogens is 5. The number of hydrogen-bond donors (Lipinski definition) is 0. The first-order chi connectivity index (χ1) is 17.2. The van der Waals surface area contributed by atoms with Gasteiger partial charge in [0.05, 0.1) is 6.61 Å². The molecular weight excluding hydrogens is 475 g/mol. The van der Waals surface area contributed by atoms with Crippen LogP contribution >= 0.6 is 0 Å². The van der Waals surface area contributed by atoms with E-state index in [1.807, 2.05) is 49.4 Å².